The van der Waals surface area contributed by atoms with Gasteiger partial charge in [-0.25, -0.2) is 13.1 Å². The van der Waals surface area contributed by atoms with E-state index in [1.165, 1.54) is 0 Å². The molecule has 2 aromatic rings. The fraction of sp³-hybridized carbons (Fsp3) is 0.400. The standard InChI is InChI=1S/C20H26BrNO3S/c1-13(2)18-11-19(14(3)10-20(18)25-5)15(4)22-26(23,24)12-16-6-8-17(21)9-7-16/h6-11,13,15,22H,12H2,1-5H3/t15-/m0/s1. The monoisotopic (exact) mass is 439 g/mol. The molecule has 2 aromatic carbocycles. The molecule has 0 saturated heterocycles. The van der Waals surface area contributed by atoms with Gasteiger partial charge in [-0.3, -0.25) is 0 Å². The van der Waals surface area contributed by atoms with E-state index < -0.39 is 10.0 Å². The summed E-state index contributed by atoms with van der Waals surface area (Å²) in [5.74, 6) is 1.08. The van der Waals surface area contributed by atoms with Crippen molar-refractivity contribution >= 4 is 26.0 Å². The van der Waals surface area contributed by atoms with Crippen molar-refractivity contribution in [2.24, 2.45) is 0 Å². The molecule has 0 heterocycles. The number of rotatable bonds is 7. The molecule has 6 heteroatoms. The second-order valence-corrected chi connectivity index (χ2v) is 9.50. The maximum absolute atomic E-state index is 12.6. The van der Waals surface area contributed by atoms with E-state index in [2.05, 4.69) is 34.5 Å². The highest BCUT2D eigenvalue weighted by molar-refractivity contribution is 9.10. The van der Waals surface area contributed by atoms with Gasteiger partial charge in [0, 0.05) is 10.5 Å². The minimum Gasteiger partial charge on any atom is -0.496 e. The van der Waals surface area contributed by atoms with E-state index >= 15 is 0 Å². The van der Waals surface area contributed by atoms with Crippen LogP contribution in [-0.2, 0) is 15.8 Å². The zero-order valence-corrected chi connectivity index (χ0v) is 18.2. The first-order valence-electron chi connectivity index (χ1n) is 8.56. The van der Waals surface area contributed by atoms with Gasteiger partial charge in [0.05, 0.1) is 12.9 Å². The van der Waals surface area contributed by atoms with Crippen molar-refractivity contribution in [3.05, 3.63) is 63.1 Å². The Morgan fingerprint density at radius 3 is 2.23 bits per heavy atom. The van der Waals surface area contributed by atoms with Gasteiger partial charge in [-0.15, -0.1) is 0 Å². The SMILES string of the molecule is COc1cc(C)c([C@H](C)NS(=O)(=O)Cc2ccc(Br)cc2)cc1C(C)C. The van der Waals surface area contributed by atoms with Crippen LogP contribution in [0.1, 0.15) is 55.0 Å². The molecule has 0 aliphatic rings. The quantitative estimate of drug-likeness (QED) is 0.654. The third-order valence-corrected chi connectivity index (χ3v) is 6.29. The average molecular weight is 440 g/mol. The molecule has 0 bridgehead atoms. The van der Waals surface area contributed by atoms with Gasteiger partial charge < -0.3 is 4.74 Å². The van der Waals surface area contributed by atoms with E-state index in [0.29, 0.717) is 0 Å². The Morgan fingerprint density at radius 1 is 1.08 bits per heavy atom. The molecule has 0 aromatic heterocycles. The first-order chi connectivity index (χ1) is 12.1. The first-order valence-corrected chi connectivity index (χ1v) is 11.0. The van der Waals surface area contributed by atoms with Crippen molar-refractivity contribution in [1.82, 2.24) is 4.72 Å². The lowest BCUT2D eigenvalue weighted by Gasteiger charge is -2.21. The number of hydrogen-bond acceptors (Lipinski definition) is 3. The summed E-state index contributed by atoms with van der Waals surface area (Å²) in [5, 5.41) is 0. The van der Waals surface area contributed by atoms with E-state index in [0.717, 1.165) is 32.5 Å². The number of aryl methyl sites for hydroxylation is 1. The highest BCUT2D eigenvalue weighted by atomic mass is 79.9. The Bertz CT molecular complexity index is 861. The molecule has 0 amide bonds. The lowest BCUT2D eigenvalue weighted by molar-refractivity contribution is 0.406. The van der Waals surface area contributed by atoms with E-state index in [1.54, 1.807) is 7.11 Å². The lowest BCUT2D eigenvalue weighted by atomic mass is 9.94. The van der Waals surface area contributed by atoms with E-state index in [9.17, 15) is 8.42 Å². The van der Waals surface area contributed by atoms with Crippen molar-refractivity contribution in [2.45, 2.75) is 45.4 Å². The molecule has 0 radical (unpaired) electrons. The highest BCUT2D eigenvalue weighted by Gasteiger charge is 2.20. The Kier molecular flexibility index (Phi) is 6.88. The summed E-state index contributed by atoms with van der Waals surface area (Å²) >= 11 is 3.36. The fourth-order valence-electron chi connectivity index (χ4n) is 2.98. The van der Waals surface area contributed by atoms with Crippen LogP contribution in [0.15, 0.2) is 40.9 Å². The summed E-state index contributed by atoms with van der Waals surface area (Å²) < 4.78 is 34.3. The third-order valence-electron chi connectivity index (χ3n) is 4.33. The van der Waals surface area contributed by atoms with Crippen LogP contribution in [0.5, 0.6) is 5.75 Å². The van der Waals surface area contributed by atoms with Gasteiger partial charge in [0.2, 0.25) is 10.0 Å². The van der Waals surface area contributed by atoms with Crippen molar-refractivity contribution in [2.75, 3.05) is 7.11 Å². The number of sulfonamides is 1. The number of hydrogen-bond donors (Lipinski definition) is 1. The second kappa shape index (κ2) is 8.55. The molecule has 0 aliphatic carbocycles. The average Bonchev–Trinajstić information content (AvgIpc) is 2.55. The van der Waals surface area contributed by atoms with E-state index in [4.69, 9.17) is 4.74 Å². The molecule has 0 unspecified atom stereocenters. The van der Waals surface area contributed by atoms with Crippen LogP contribution >= 0.6 is 15.9 Å². The predicted octanol–water partition coefficient (Wildman–Crippen LogP) is 5.07. The minimum atomic E-state index is -3.46. The lowest BCUT2D eigenvalue weighted by Crippen LogP contribution is -2.28. The van der Waals surface area contributed by atoms with E-state index in [1.807, 2.05) is 50.2 Å². The normalized spacial score (nSPS) is 13.0. The second-order valence-electron chi connectivity index (χ2n) is 6.83. The highest BCUT2D eigenvalue weighted by Crippen LogP contribution is 2.32. The molecule has 4 nitrogen and oxygen atoms in total. The van der Waals surface area contributed by atoms with Crippen LogP contribution in [-0.4, -0.2) is 15.5 Å². The van der Waals surface area contributed by atoms with Gasteiger partial charge in [-0.2, -0.15) is 0 Å². The summed E-state index contributed by atoms with van der Waals surface area (Å²) in [7, 11) is -1.80. The predicted molar refractivity (Wildman–Crippen MR) is 110 cm³/mol. The van der Waals surface area contributed by atoms with Crippen molar-refractivity contribution in [3.63, 3.8) is 0 Å². The summed E-state index contributed by atoms with van der Waals surface area (Å²) in [6, 6.07) is 11.0. The van der Waals surface area contributed by atoms with E-state index in [-0.39, 0.29) is 17.7 Å². The molecule has 142 valence electrons. The maximum atomic E-state index is 12.6. The Labute approximate surface area is 165 Å². The van der Waals surface area contributed by atoms with Crippen molar-refractivity contribution < 1.29 is 13.2 Å². The number of halogens is 1. The molecular formula is C20H26BrNO3S. The van der Waals surface area contributed by atoms with Gasteiger partial charge in [-0.05, 0) is 66.3 Å². The van der Waals surface area contributed by atoms with Crippen LogP contribution < -0.4 is 9.46 Å². The number of nitrogens with one attached hydrogen (secondary N) is 1. The van der Waals surface area contributed by atoms with Crippen LogP contribution in [0.2, 0.25) is 0 Å². The van der Waals surface area contributed by atoms with Crippen LogP contribution in [0.4, 0.5) is 0 Å². The molecule has 0 fully saturated rings. The Hall–Kier alpha value is -1.37. The topological polar surface area (TPSA) is 55.4 Å². The molecule has 2 rings (SSSR count). The summed E-state index contributed by atoms with van der Waals surface area (Å²) in [6.45, 7) is 8.04. The Balaban J connectivity index is 2.24. The number of benzene rings is 2. The number of ether oxygens (including phenoxy) is 1. The summed E-state index contributed by atoms with van der Waals surface area (Å²) in [6.07, 6.45) is 0. The van der Waals surface area contributed by atoms with Gasteiger partial charge >= 0.3 is 0 Å². The van der Waals surface area contributed by atoms with Crippen molar-refractivity contribution in [1.29, 1.82) is 0 Å². The zero-order chi connectivity index (χ0) is 19.5. The molecule has 0 spiro atoms. The van der Waals surface area contributed by atoms with Gasteiger partial charge in [0.15, 0.2) is 0 Å². The largest absolute Gasteiger partial charge is 0.496 e. The smallest absolute Gasteiger partial charge is 0.216 e. The fourth-order valence-corrected chi connectivity index (χ4v) is 4.63. The third kappa shape index (κ3) is 5.32. The van der Waals surface area contributed by atoms with Crippen LogP contribution in [0.3, 0.4) is 0 Å². The molecular weight excluding hydrogens is 414 g/mol. The maximum Gasteiger partial charge on any atom is 0.216 e. The van der Waals surface area contributed by atoms with Gasteiger partial charge in [0.1, 0.15) is 5.75 Å². The Morgan fingerprint density at radius 2 is 1.69 bits per heavy atom. The van der Waals surface area contributed by atoms with Crippen molar-refractivity contribution in [3.8, 4) is 5.75 Å². The summed E-state index contributed by atoms with van der Waals surface area (Å²) in [5.41, 5.74) is 3.80. The first kappa shape index (κ1) is 20.9. The molecule has 0 saturated carbocycles. The van der Waals surface area contributed by atoms with Gasteiger partial charge in [-0.1, -0.05) is 41.9 Å². The molecule has 26 heavy (non-hydrogen) atoms. The van der Waals surface area contributed by atoms with Gasteiger partial charge in [0.25, 0.3) is 0 Å². The minimum absolute atomic E-state index is 0.0448. The zero-order valence-electron chi connectivity index (χ0n) is 15.8. The molecule has 1 N–H and O–H groups in total. The van der Waals surface area contributed by atoms with Crippen LogP contribution in [0.25, 0.3) is 0 Å². The molecule has 1 atom stereocenters. The molecule has 0 aliphatic heterocycles. The summed E-state index contributed by atoms with van der Waals surface area (Å²) in [4.78, 5) is 0. The van der Waals surface area contributed by atoms with Crippen LogP contribution in [0, 0.1) is 6.92 Å². The number of methoxy groups -OCH3 is 1.